The standard InChI is InChI=1S/C14H15NO2S2/c1-9(10-6-7-19-8-10)15-11-4-3-5-12(18-2)13(11)14(16)17/h3-9,15H,1-2H3,(H,16,17). The van der Waals surface area contributed by atoms with Crippen molar-refractivity contribution in [3.8, 4) is 0 Å². The molecule has 0 bridgehead atoms. The Bertz CT molecular complexity index is 567. The number of thioether (sulfide) groups is 1. The molecule has 100 valence electrons. The Hall–Kier alpha value is -1.46. The summed E-state index contributed by atoms with van der Waals surface area (Å²) in [6, 6.07) is 7.64. The second kappa shape index (κ2) is 6.12. The molecule has 0 aliphatic carbocycles. The first-order valence-corrected chi connectivity index (χ1v) is 7.99. The molecular formula is C14H15NO2S2. The summed E-state index contributed by atoms with van der Waals surface area (Å²) in [6.45, 7) is 2.03. The summed E-state index contributed by atoms with van der Waals surface area (Å²) >= 11 is 3.08. The smallest absolute Gasteiger partial charge is 0.338 e. The Labute approximate surface area is 120 Å². The zero-order valence-electron chi connectivity index (χ0n) is 10.7. The summed E-state index contributed by atoms with van der Waals surface area (Å²) < 4.78 is 0. The van der Waals surface area contributed by atoms with Crippen LogP contribution in [0.4, 0.5) is 5.69 Å². The molecule has 2 aromatic rings. The van der Waals surface area contributed by atoms with E-state index in [1.54, 1.807) is 11.3 Å². The summed E-state index contributed by atoms with van der Waals surface area (Å²) in [7, 11) is 0. The van der Waals surface area contributed by atoms with E-state index in [-0.39, 0.29) is 6.04 Å². The number of carboxylic acid groups (broad SMARTS) is 1. The van der Waals surface area contributed by atoms with Gasteiger partial charge in [0.1, 0.15) is 0 Å². The molecule has 1 aromatic heterocycles. The van der Waals surface area contributed by atoms with Crippen molar-refractivity contribution in [2.24, 2.45) is 0 Å². The van der Waals surface area contributed by atoms with Gasteiger partial charge in [0.15, 0.2) is 0 Å². The van der Waals surface area contributed by atoms with E-state index < -0.39 is 5.97 Å². The highest BCUT2D eigenvalue weighted by Gasteiger charge is 2.16. The van der Waals surface area contributed by atoms with Crippen molar-refractivity contribution in [2.75, 3.05) is 11.6 Å². The zero-order valence-corrected chi connectivity index (χ0v) is 12.3. The van der Waals surface area contributed by atoms with Gasteiger partial charge in [-0.15, -0.1) is 11.8 Å². The second-order valence-electron chi connectivity index (χ2n) is 4.11. The number of thiophene rings is 1. The van der Waals surface area contributed by atoms with Crippen LogP contribution in [0.15, 0.2) is 39.9 Å². The van der Waals surface area contributed by atoms with Gasteiger partial charge in [-0.05, 0) is 47.7 Å². The Kier molecular flexibility index (Phi) is 4.50. The SMILES string of the molecule is CSc1cccc(NC(C)c2ccsc2)c1C(=O)O. The molecule has 2 N–H and O–H groups in total. The number of rotatable bonds is 5. The van der Waals surface area contributed by atoms with Crippen LogP contribution in [0.25, 0.3) is 0 Å². The fourth-order valence-electron chi connectivity index (χ4n) is 1.88. The second-order valence-corrected chi connectivity index (χ2v) is 5.74. The van der Waals surface area contributed by atoms with Crippen LogP contribution in [0.2, 0.25) is 0 Å². The molecular weight excluding hydrogens is 278 g/mol. The van der Waals surface area contributed by atoms with Crippen LogP contribution in [0.5, 0.6) is 0 Å². The number of carbonyl (C=O) groups is 1. The lowest BCUT2D eigenvalue weighted by molar-refractivity contribution is 0.0694. The first-order valence-electron chi connectivity index (χ1n) is 5.82. The van der Waals surface area contributed by atoms with E-state index in [2.05, 4.69) is 10.7 Å². The Balaban J connectivity index is 2.32. The van der Waals surface area contributed by atoms with Crippen LogP contribution in [-0.4, -0.2) is 17.3 Å². The van der Waals surface area contributed by atoms with E-state index in [9.17, 15) is 9.90 Å². The highest BCUT2D eigenvalue weighted by Crippen LogP contribution is 2.30. The van der Waals surface area contributed by atoms with Crippen LogP contribution < -0.4 is 5.32 Å². The third-order valence-electron chi connectivity index (χ3n) is 2.88. The van der Waals surface area contributed by atoms with Gasteiger partial charge in [-0.3, -0.25) is 0 Å². The maximum absolute atomic E-state index is 11.4. The number of hydrogen-bond acceptors (Lipinski definition) is 4. The molecule has 1 atom stereocenters. The number of carboxylic acids is 1. The van der Waals surface area contributed by atoms with Crippen molar-refractivity contribution in [2.45, 2.75) is 17.9 Å². The molecule has 0 saturated carbocycles. The van der Waals surface area contributed by atoms with Gasteiger partial charge in [0.25, 0.3) is 0 Å². The molecule has 0 saturated heterocycles. The molecule has 0 radical (unpaired) electrons. The third-order valence-corrected chi connectivity index (χ3v) is 4.36. The molecule has 0 spiro atoms. The Morgan fingerprint density at radius 3 is 2.79 bits per heavy atom. The fraction of sp³-hybridized carbons (Fsp3) is 0.214. The molecule has 1 unspecified atom stereocenters. The summed E-state index contributed by atoms with van der Waals surface area (Å²) in [5.41, 5.74) is 2.17. The van der Waals surface area contributed by atoms with Crippen LogP contribution in [0.1, 0.15) is 28.9 Å². The molecule has 3 nitrogen and oxygen atoms in total. The van der Waals surface area contributed by atoms with E-state index in [1.807, 2.05) is 42.8 Å². The number of aromatic carboxylic acids is 1. The maximum atomic E-state index is 11.4. The normalized spacial score (nSPS) is 12.1. The van der Waals surface area contributed by atoms with Crippen molar-refractivity contribution >= 4 is 34.8 Å². The predicted molar refractivity (Wildman–Crippen MR) is 81.5 cm³/mol. The van der Waals surface area contributed by atoms with Crippen molar-refractivity contribution in [1.82, 2.24) is 0 Å². The van der Waals surface area contributed by atoms with Gasteiger partial charge in [-0.25, -0.2) is 4.79 Å². The van der Waals surface area contributed by atoms with Crippen molar-refractivity contribution in [3.63, 3.8) is 0 Å². The highest BCUT2D eigenvalue weighted by molar-refractivity contribution is 7.98. The molecule has 1 aromatic carbocycles. The van der Waals surface area contributed by atoms with Gasteiger partial charge in [0.2, 0.25) is 0 Å². The number of hydrogen-bond donors (Lipinski definition) is 2. The van der Waals surface area contributed by atoms with E-state index in [4.69, 9.17) is 0 Å². The lowest BCUT2D eigenvalue weighted by Gasteiger charge is -2.17. The Morgan fingerprint density at radius 1 is 1.42 bits per heavy atom. The van der Waals surface area contributed by atoms with Gasteiger partial charge >= 0.3 is 5.97 Å². The van der Waals surface area contributed by atoms with Crippen LogP contribution in [0, 0.1) is 0 Å². The molecule has 0 aliphatic heterocycles. The quantitative estimate of drug-likeness (QED) is 0.805. The number of nitrogens with one attached hydrogen (secondary N) is 1. The van der Waals surface area contributed by atoms with Crippen LogP contribution in [0.3, 0.4) is 0 Å². The third kappa shape index (κ3) is 3.11. The first kappa shape index (κ1) is 14.0. The summed E-state index contributed by atoms with van der Waals surface area (Å²) in [5.74, 6) is -0.898. The molecule has 0 aliphatic rings. The monoisotopic (exact) mass is 293 g/mol. The van der Waals surface area contributed by atoms with Crippen LogP contribution >= 0.6 is 23.1 Å². The van der Waals surface area contributed by atoms with Crippen molar-refractivity contribution in [1.29, 1.82) is 0 Å². The molecule has 0 amide bonds. The van der Waals surface area contributed by atoms with Gasteiger partial charge in [-0.1, -0.05) is 6.07 Å². The van der Waals surface area contributed by atoms with E-state index >= 15 is 0 Å². The molecule has 19 heavy (non-hydrogen) atoms. The minimum atomic E-state index is -0.898. The molecule has 0 fully saturated rings. The fourth-order valence-corrected chi connectivity index (χ4v) is 3.25. The number of anilines is 1. The summed E-state index contributed by atoms with van der Waals surface area (Å²) in [5, 5.41) is 16.7. The van der Waals surface area contributed by atoms with E-state index in [0.29, 0.717) is 11.3 Å². The van der Waals surface area contributed by atoms with Gasteiger partial charge in [-0.2, -0.15) is 11.3 Å². The predicted octanol–water partition coefficient (Wildman–Crippen LogP) is 4.34. The zero-order chi connectivity index (χ0) is 13.8. The minimum Gasteiger partial charge on any atom is -0.478 e. The van der Waals surface area contributed by atoms with Crippen molar-refractivity contribution < 1.29 is 9.90 Å². The van der Waals surface area contributed by atoms with E-state index in [0.717, 1.165) is 10.5 Å². The van der Waals surface area contributed by atoms with E-state index in [1.165, 1.54) is 11.8 Å². The van der Waals surface area contributed by atoms with Crippen LogP contribution in [-0.2, 0) is 0 Å². The highest BCUT2D eigenvalue weighted by atomic mass is 32.2. The lowest BCUT2D eigenvalue weighted by Crippen LogP contribution is -2.11. The number of benzene rings is 1. The summed E-state index contributed by atoms with van der Waals surface area (Å²) in [4.78, 5) is 12.2. The Morgan fingerprint density at radius 2 is 2.21 bits per heavy atom. The average molecular weight is 293 g/mol. The minimum absolute atomic E-state index is 0.0847. The largest absolute Gasteiger partial charge is 0.478 e. The molecule has 1 heterocycles. The van der Waals surface area contributed by atoms with Gasteiger partial charge in [0, 0.05) is 10.9 Å². The topological polar surface area (TPSA) is 49.3 Å². The van der Waals surface area contributed by atoms with Crippen molar-refractivity contribution in [3.05, 3.63) is 46.2 Å². The molecule has 5 heteroatoms. The summed E-state index contributed by atoms with van der Waals surface area (Å²) in [6.07, 6.45) is 1.88. The maximum Gasteiger partial charge on any atom is 0.338 e. The first-order chi connectivity index (χ1) is 9.13. The lowest BCUT2D eigenvalue weighted by atomic mass is 10.1. The van der Waals surface area contributed by atoms with Gasteiger partial charge < -0.3 is 10.4 Å². The average Bonchev–Trinajstić information content (AvgIpc) is 2.92. The molecule has 2 rings (SSSR count). The van der Waals surface area contributed by atoms with Gasteiger partial charge in [0.05, 0.1) is 11.3 Å².